The van der Waals surface area contributed by atoms with Crippen molar-refractivity contribution in [2.24, 2.45) is 0 Å². The number of ketones is 1. The first-order valence-corrected chi connectivity index (χ1v) is 9.10. The van der Waals surface area contributed by atoms with Crippen molar-refractivity contribution in [1.29, 1.82) is 0 Å². The third-order valence-electron chi connectivity index (χ3n) is 4.62. The van der Waals surface area contributed by atoms with Gasteiger partial charge in [0.2, 0.25) is 0 Å². The molecule has 3 rings (SSSR count). The number of aromatic amines is 2. The van der Waals surface area contributed by atoms with E-state index in [1.165, 1.54) is 12.1 Å². The zero-order chi connectivity index (χ0) is 19.4. The van der Waals surface area contributed by atoms with Gasteiger partial charge in [0.05, 0.1) is 12.2 Å². The molecule has 0 aliphatic heterocycles. The van der Waals surface area contributed by atoms with Gasteiger partial charge in [-0.05, 0) is 76.7 Å². The molecule has 2 aromatic heterocycles. The van der Waals surface area contributed by atoms with Crippen LogP contribution in [0.25, 0.3) is 11.3 Å². The number of carbonyl (C=O) groups excluding carboxylic acids is 1. The second-order valence-corrected chi connectivity index (χ2v) is 7.04. The third-order valence-corrected chi connectivity index (χ3v) is 4.62. The zero-order valence-electron chi connectivity index (χ0n) is 16.0. The molecule has 5 nitrogen and oxygen atoms in total. The Morgan fingerprint density at radius 3 is 2.59 bits per heavy atom. The summed E-state index contributed by atoms with van der Waals surface area (Å²) in [5, 5.41) is 7.33. The second-order valence-electron chi connectivity index (χ2n) is 7.04. The summed E-state index contributed by atoms with van der Waals surface area (Å²) < 4.78 is 13.0. The fourth-order valence-corrected chi connectivity index (χ4v) is 3.22. The number of carbonyl (C=O) groups is 1. The van der Waals surface area contributed by atoms with Gasteiger partial charge in [-0.3, -0.25) is 14.8 Å². The van der Waals surface area contributed by atoms with Crippen LogP contribution in [0.5, 0.6) is 0 Å². The molecule has 0 bridgehead atoms. The van der Waals surface area contributed by atoms with E-state index in [2.05, 4.69) is 15.2 Å². The minimum Gasteiger partial charge on any atom is -0.362 e. The molecule has 27 heavy (non-hydrogen) atoms. The highest BCUT2D eigenvalue weighted by molar-refractivity contribution is 5.98. The van der Waals surface area contributed by atoms with Crippen LogP contribution in [0.4, 0.5) is 4.39 Å². The van der Waals surface area contributed by atoms with Crippen molar-refractivity contribution in [2.45, 2.75) is 26.7 Å². The predicted molar refractivity (Wildman–Crippen MR) is 104 cm³/mol. The molecule has 1 aromatic carbocycles. The molecule has 2 heterocycles. The Morgan fingerprint density at radius 2 is 1.93 bits per heavy atom. The molecular formula is C21H25FN4O. The number of Topliss-reactive ketones (excluding diaryl/α,β-unsaturated/α-hetero) is 1. The molecule has 3 aromatic rings. The van der Waals surface area contributed by atoms with E-state index in [-0.39, 0.29) is 11.6 Å². The van der Waals surface area contributed by atoms with Crippen LogP contribution in [-0.4, -0.2) is 46.0 Å². The number of nitrogens with zero attached hydrogens (tertiary/aromatic N) is 2. The summed E-state index contributed by atoms with van der Waals surface area (Å²) in [6.45, 7) is 5.11. The largest absolute Gasteiger partial charge is 0.362 e. The lowest BCUT2D eigenvalue weighted by Gasteiger charge is -2.15. The van der Waals surface area contributed by atoms with Gasteiger partial charge in [-0.25, -0.2) is 4.39 Å². The van der Waals surface area contributed by atoms with Crippen molar-refractivity contribution in [3.05, 3.63) is 64.9 Å². The summed E-state index contributed by atoms with van der Waals surface area (Å²) in [7, 11) is 1.96. The summed E-state index contributed by atoms with van der Waals surface area (Å²) in [5.74, 6) is -0.114. The molecule has 0 aliphatic carbocycles. The lowest BCUT2D eigenvalue weighted by molar-refractivity contribution is 0.0945. The lowest BCUT2D eigenvalue weighted by atomic mass is 10.1. The molecule has 0 saturated carbocycles. The Labute approximate surface area is 158 Å². The van der Waals surface area contributed by atoms with Crippen LogP contribution < -0.4 is 0 Å². The first-order chi connectivity index (χ1) is 12.9. The molecule has 0 spiro atoms. The summed E-state index contributed by atoms with van der Waals surface area (Å²) in [5.41, 5.74) is 5.44. The number of H-pyrrole nitrogens is 2. The monoisotopic (exact) mass is 368 g/mol. The summed E-state index contributed by atoms with van der Waals surface area (Å²) in [4.78, 5) is 17.6. The van der Waals surface area contributed by atoms with E-state index in [9.17, 15) is 9.18 Å². The number of halogens is 1. The average Bonchev–Trinajstić information content (AvgIpc) is 3.22. The van der Waals surface area contributed by atoms with Crippen molar-refractivity contribution in [3.8, 4) is 11.3 Å². The van der Waals surface area contributed by atoms with E-state index in [1.54, 1.807) is 12.1 Å². The van der Waals surface area contributed by atoms with Crippen LogP contribution in [0.15, 0.2) is 36.4 Å². The number of aromatic nitrogens is 3. The van der Waals surface area contributed by atoms with Gasteiger partial charge in [0, 0.05) is 28.2 Å². The van der Waals surface area contributed by atoms with Crippen LogP contribution >= 0.6 is 0 Å². The van der Waals surface area contributed by atoms with E-state index in [1.807, 2.05) is 37.9 Å². The number of hydrogen-bond acceptors (Lipinski definition) is 3. The Balaban J connectivity index is 1.47. The minimum absolute atomic E-state index is 0.138. The normalized spacial score (nSPS) is 11.3. The first kappa shape index (κ1) is 19.0. The van der Waals surface area contributed by atoms with E-state index in [0.29, 0.717) is 6.54 Å². The van der Waals surface area contributed by atoms with Crippen molar-refractivity contribution < 1.29 is 9.18 Å². The standard InChI is InChI=1S/C21H25FN4O/c1-14-11-19(15(2)23-14)21(27)13-26(3)10-4-5-18-12-20(25-24-18)16-6-8-17(22)9-7-16/h6-9,11-12,23H,4-5,10,13H2,1-3H3,(H,24,25). The predicted octanol–water partition coefficient (Wildman–Crippen LogP) is 3.91. The zero-order valence-corrected chi connectivity index (χ0v) is 16.0. The van der Waals surface area contributed by atoms with Crippen LogP contribution in [0, 0.1) is 19.7 Å². The number of aryl methyl sites for hydroxylation is 3. The molecule has 0 saturated heterocycles. The summed E-state index contributed by atoms with van der Waals surface area (Å²) in [6, 6.07) is 10.2. The fourth-order valence-electron chi connectivity index (χ4n) is 3.22. The molecule has 0 radical (unpaired) electrons. The van der Waals surface area contributed by atoms with Crippen molar-refractivity contribution >= 4 is 5.78 Å². The molecule has 0 amide bonds. The van der Waals surface area contributed by atoms with Crippen molar-refractivity contribution in [3.63, 3.8) is 0 Å². The van der Waals surface area contributed by atoms with E-state index in [0.717, 1.165) is 53.3 Å². The molecule has 0 atom stereocenters. The van der Waals surface area contributed by atoms with Gasteiger partial charge in [-0.15, -0.1) is 0 Å². The number of nitrogens with one attached hydrogen (secondary N) is 2. The van der Waals surface area contributed by atoms with Gasteiger partial charge in [0.1, 0.15) is 5.82 Å². The summed E-state index contributed by atoms with van der Waals surface area (Å²) in [6.07, 6.45) is 1.76. The van der Waals surface area contributed by atoms with Gasteiger partial charge in [0.15, 0.2) is 5.78 Å². The minimum atomic E-state index is -0.253. The second kappa shape index (κ2) is 8.31. The van der Waals surface area contributed by atoms with Crippen LogP contribution in [0.2, 0.25) is 0 Å². The Bertz CT molecular complexity index is 911. The van der Waals surface area contributed by atoms with E-state index >= 15 is 0 Å². The fraction of sp³-hybridized carbons (Fsp3) is 0.333. The number of likely N-dealkylation sites (N-methyl/N-ethyl adjacent to an activating group) is 1. The topological polar surface area (TPSA) is 64.8 Å². The molecule has 6 heteroatoms. The molecule has 142 valence electrons. The quantitative estimate of drug-likeness (QED) is 0.593. The van der Waals surface area contributed by atoms with Gasteiger partial charge < -0.3 is 4.98 Å². The average molecular weight is 368 g/mol. The van der Waals surface area contributed by atoms with Crippen molar-refractivity contribution in [1.82, 2.24) is 20.1 Å². The van der Waals surface area contributed by atoms with Gasteiger partial charge >= 0.3 is 0 Å². The molecular weight excluding hydrogens is 343 g/mol. The van der Waals surface area contributed by atoms with E-state index in [4.69, 9.17) is 0 Å². The maximum absolute atomic E-state index is 13.0. The molecule has 0 unspecified atom stereocenters. The maximum atomic E-state index is 13.0. The SMILES string of the molecule is Cc1cc(C(=O)CN(C)CCCc2cc(-c3ccc(F)cc3)n[nH]2)c(C)[nH]1. The van der Waals surface area contributed by atoms with Gasteiger partial charge in [-0.2, -0.15) is 5.10 Å². The molecule has 2 N–H and O–H groups in total. The lowest BCUT2D eigenvalue weighted by Crippen LogP contribution is -2.27. The number of benzene rings is 1. The highest BCUT2D eigenvalue weighted by Gasteiger charge is 2.14. The smallest absolute Gasteiger partial charge is 0.178 e. The molecule has 0 fully saturated rings. The Hall–Kier alpha value is -2.73. The highest BCUT2D eigenvalue weighted by Crippen LogP contribution is 2.18. The maximum Gasteiger partial charge on any atom is 0.178 e. The highest BCUT2D eigenvalue weighted by atomic mass is 19.1. The van der Waals surface area contributed by atoms with E-state index < -0.39 is 0 Å². The number of hydrogen-bond donors (Lipinski definition) is 2. The third kappa shape index (κ3) is 4.92. The Morgan fingerprint density at radius 1 is 1.19 bits per heavy atom. The van der Waals surface area contributed by atoms with Gasteiger partial charge in [-0.1, -0.05) is 0 Å². The van der Waals surface area contributed by atoms with Crippen LogP contribution in [0.1, 0.15) is 33.9 Å². The van der Waals surface area contributed by atoms with Crippen molar-refractivity contribution in [2.75, 3.05) is 20.1 Å². The van der Waals surface area contributed by atoms with Crippen LogP contribution in [-0.2, 0) is 6.42 Å². The molecule has 0 aliphatic rings. The summed E-state index contributed by atoms with van der Waals surface area (Å²) >= 11 is 0. The van der Waals surface area contributed by atoms with Crippen LogP contribution in [0.3, 0.4) is 0 Å². The van der Waals surface area contributed by atoms with Gasteiger partial charge in [0.25, 0.3) is 0 Å². The Kier molecular flexibility index (Phi) is 5.86. The first-order valence-electron chi connectivity index (χ1n) is 9.10. The number of rotatable bonds is 8.